The minimum absolute atomic E-state index is 0.536. The van der Waals surface area contributed by atoms with Crippen LogP contribution < -0.4 is 5.32 Å². The molecule has 0 radical (unpaired) electrons. The summed E-state index contributed by atoms with van der Waals surface area (Å²) < 4.78 is 2.32. The number of aromatic nitrogens is 2. The van der Waals surface area contributed by atoms with Gasteiger partial charge < -0.3 is 5.32 Å². The monoisotopic (exact) mass is 277 g/mol. The average molecular weight is 277 g/mol. The van der Waals surface area contributed by atoms with E-state index in [1.807, 2.05) is 0 Å². The number of hydrogen-bond acceptors (Lipinski definition) is 2. The number of hydrogen-bond donors (Lipinski definition) is 1. The molecule has 1 fully saturated rings. The van der Waals surface area contributed by atoms with Crippen LogP contribution in [0.4, 0.5) is 0 Å². The van der Waals surface area contributed by atoms with Crippen LogP contribution in [-0.2, 0) is 0 Å². The highest BCUT2D eigenvalue weighted by atomic mass is 15.3. The van der Waals surface area contributed by atoms with E-state index in [-0.39, 0.29) is 0 Å². The van der Waals surface area contributed by atoms with Crippen LogP contribution in [0.1, 0.15) is 74.9 Å². The van der Waals surface area contributed by atoms with Crippen molar-refractivity contribution in [2.75, 3.05) is 6.54 Å². The Balaban J connectivity index is 2.23. The van der Waals surface area contributed by atoms with E-state index in [9.17, 15) is 0 Å². The standard InChI is InChI=1S/C17H31N3/c1-5-12-18-16-10-8-6-7-9-11-17(16)20-15(4)13(2)14(3)19-20/h16-18H,5-12H2,1-4H3. The summed E-state index contributed by atoms with van der Waals surface area (Å²) in [7, 11) is 0. The van der Waals surface area contributed by atoms with Gasteiger partial charge >= 0.3 is 0 Å². The van der Waals surface area contributed by atoms with Crippen molar-refractivity contribution in [2.24, 2.45) is 0 Å². The molecular weight excluding hydrogens is 246 g/mol. The van der Waals surface area contributed by atoms with Crippen LogP contribution in [0.2, 0.25) is 0 Å². The SMILES string of the molecule is CCCNC1CCCCCCC1n1nc(C)c(C)c1C. The molecule has 0 bridgehead atoms. The number of rotatable bonds is 4. The van der Waals surface area contributed by atoms with Gasteiger partial charge in [-0.1, -0.05) is 32.6 Å². The van der Waals surface area contributed by atoms with Crippen molar-refractivity contribution in [3.8, 4) is 0 Å². The first-order valence-electron chi connectivity index (χ1n) is 8.40. The van der Waals surface area contributed by atoms with Crippen molar-refractivity contribution in [1.82, 2.24) is 15.1 Å². The molecule has 1 aromatic rings. The summed E-state index contributed by atoms with van der Waals surface area (Å²) in [6, 6.07) is 1.13. The van der Waals surface area contributed by atoms with Crippen LogP contribution in [-0.4, -0.2) is 22.4 Å². The molecule has 1 saturated carbocycles. The zero-order valence-electron chi connectivity index (χ0n) is 13.7. The normalized spacial score (nSPS) is 24.4. The van der Waals surface area contributed by atoms with Crippen LogP contribution in [0, 0.1) is 20.8 Å². The van der Waals surface area contributed by atoms with Gasteiger partial charge in [-0.3, -0.25) is 4.68 Å². The molecule has 2 unspecified atom stereocenters. The lowest BCUT2D eigenvalue weighted by molar-refractivity contribution is 0.263. The molecule has 0 spiro atoms. The third-order valence-electron chi connectivity index (χ3n) is 4.89. The summed E-state index contributed by atoms with van der Waals surface area (Å²) in [5.41, 5.74) is 3.91. The average Bonchev–Trinajstić information content (AvgIpc) is 2.66. The molecule has 114 valence electrons. The van der Waals surface area contributed by atoms with E-state index in [1.165, 1.54) is 61.9 Å². The van der Waals surface area contributed by atoms with Gasteiger partial charge in [-0.25, -0.2) is 0 Å². The molecule has 1 aliphatic rings. The number of nitrogens with zero attached hydrogens (tertiary/aromatic N) is 2. The van der Waals surface area contributed by atoms with Crippen molar-refractivity contribution in [3.05, 3.63) is 17.0 Å². The van der Waals surface area contributed by atoms with Gasteiger partial charge in [-0.15, -0.1) is 0 Å². The van der Waals surface area contributed by atoms with Crippen LogP contribution in [0.25, 0.3) is 0 Å². The Kier molecular flexibility index (Phi) is 5.64. The Bertz CT molecular complexity index is 420. The molecule has 3 nitrogen and oxygen atoms in total. The van der Waals surface area contributed by atoms with Gasteiger partial charge in [-0.05, 0) is 52.1 Å². The summed E-state index contributed by atoms with van der Waals surface area (Å²) in [5, 5.41) is 8.62. The fraction of sp³-hybridized carbons (Fsp3) is 0.824. The van der Waals surface area contributed by atoms with Crippen molar-refractivity contribution in [2.45, 2.75) is 84.7 Å². The van der Waals surface area contributed by atoms with Gasteiger partial charge in [0.15, 0.2) is 0 Å². The van der Waals surface area contributed by atoms with E-state index >= 15 is 0 Å². The maximum absolute atomic E-state index is 4.84. The Morgan fingerprint density at radius 1 is 1.10 bits per heavy atom. The second-order valence-electron chi connectivity index (χ2n) is 6.36. The number of nitrogens with one attached hydrogen (secondary N) is 1. The summed E-state index contributed by atoms with van der Waals surface area (Å²) >= 11 is 0. The second-order valence-corrected chi connectivity index (χ2v) is 6.36. The first-order chi connectivity index (χ1) is 9.65. The largest absolute Gasteiger partial charge is 0.312 e. The predicted molar refractivity (Wildman–Crippen MR) is 85.3 cm³/mol. The van der Waals surface area contributed by atoms with Gasteiger partial charge in [-0.2, -0.15) is 5.10 Å². The molecular formula is C17H31N3. The lowest BCUT2D eigenvalue weighted by Gasteiger charge is -2.31. The maximum Gasteiger partial charge on any atom is 0.0675 e. The highest BCUT2D eigenvalue weighted by molar-refractivity contribution is 5.23. The minimum atomic E-state index is 0.536. The zero-order chi connectivity index (χ0) is 14.5. The summed E-state index contributed by atoms with van der Waals surface area (Å²) in [5.74, 6) is 0. The highest BCUT2D eigenvalue weighted by Gasteiger charge is 2.26. The van der Waals surface area contributed by atoms with E-state index in [0.29, 0.717) is 12.1 Å². The van der Waals surface area contributed by atoms with Crippen molar-refractivity contribution in [1.29, 1.82) is 0 Å². The van der Waals surface area contributed by atoms with Gasteiger partial charge in [0.2, 0.25) is 0 Å². The molecule has 1 aromatic heterocycles. The molecule has 1 aliphatic carbocycles. The Morgan fingerprint density at radius 3 is 2.40 bits per heavy atom. The first-order valence-corrected chi connectivity index (χ1v) is 8.40. The first kappa shape index (κ1) is 15.6. The molecule has 0 saturated heterocycles. The molecule has 0 amide bonds. The maximum atomic E-state index is 4.84. The molecule has 3 heteroatoms. The van der Waals surface area contributed by atoms with Crippen molar-refractivity contribution < 1.29 is 0 Å². The summed E-state index contributed by atoms with van der Waals surface area (Å²) in [6.07, 6.45) is 9.25. The van der Waals surface area contributed by atoms with Gasteiger partial charge in [0, 0.05) is 11.7 Å². The summed E-state index contributed by atoms with van der Waals surface area (Å²) in [6.45, 7) is 9.94. The molecule has 20 heavy (non-hydrogen) atoms. The lowest BCUT2D eigenvalue weighted by atomic mass is 9.92. The molecule has 1 heterocycles. The van der Waals surface area contributed by atoms with Crippen LogP contribution >= 0.6 is 0 Å². The lowest BCUT2D eigenvalue weighted by Crippen LogP contribution is -2.39. The van der Waals surface area contributed by atoms with Crippen molar-refractivity contribution in [3.63, 3.8) is 0 Å². The quantitative estimate of drug-likeness (QED) is 0.899. The fourth-order valence-corrected chi connectivity index (χ4v) is 3.39. The highest BCUT2D eigenvalue weighted by Crippen LogP contribution is 2.29. The Labute approximate surface area is 124 Å². The van der Waals surface area contributed by atoms with Crippen molar-refractivity contribution >= 4 is 0 Å². The topological polar surface area (TPSA) is 29.9 Å². The molecule has 0 aliphatic heterocycles. The van der Waals surface area contributed by atoms with E-state index in [2.05, 4.69) is 37.7 Å². The van der Waals surface area contributed by atoms with Crippen LogP contribution in [0.3, 0.4) is 0 Å². The van der Waals surface area contributed by atoms with E-state index in [4.69, 9.17) is 5.10 Å². The molecule has 1 N–H and O–H groups in total. The molecule has 2 atom stereocenters. The fourth-order valence-electron chi connectivity index (χ4n) is 3.39. The summed E-state index contributed by atoms with van der Waals surface area (Å²) in [4.78, 5) is 0. The van der Waals surface area contributed by atoms with E-state index < -0.39 is 0 Å². The minimum Gasteiger partial charge on any atom is -0.312 e. The predicted octanol–water partition coefficient (Wildman–Crippen LogP) is 4.07. The van der Waals surface area contributed by atoms with Crippen LogP contribution in [0.15, 0.2) is 0 Å². The van der Waals surface area contributed by atoms with E-state index in [1.54, 1.807) is 0 Å². The molecule has 0 aromatic carbocycles. The molecule has 2 rings (SSSR count). The second kappa shape index (κ2) is 7.26. The van der Waals surface area contributed by atoms with Gasteiger partial charge in [0.25, 0.3) is 0 Å². The zero-order valence-corrected chi connectivity index (χ0v) is 13.7. The van der Waals surface area contributed by atoms with Crippen LogP contribution in [0.5, 0.6) is 0 Å². The Hall–Kier alpha value is -0.830. The van der Waals surface area contributed by atoms with Gasteiger partial charge in [0.05, 0.1) is 11.7 Å². The van der Waals surface area contributed by atoms with E-state index in [0.717, 1.165) is 6.54 Å². The van der Waals surface area contributed by atoms with Gasteiger partial charge in [0.1, 0.15) is 0 Å². The Morgan fingerprint density at radius 2 is 1.80 bits per heavy atom. The smallest absolute Gasteiger partial charge is 0.0675 e. The number of aryl methyl sites for hydroxylation is 1. The third kappa shape index (κ3) is 3.43. The third-order valence-corrected chi connectivity index (χ3v) is 4.89.